The molecule has 0 fully saturated rings. The lowest BCUT2D eigenvalue weighted by Gasteiger charge is -2.29. The highest BCUT2D eigenvalue weighted by molar-refractivity contribution is 5.77. The van der Waals surface area contributed by atoms with Crippen LogP contribution in [0.3, 0.4) is 0 Å². The van der Waals surface area contributed by atoms with Crippen molar-refractivity contribution in [3.63, 3.8) is 0 Å². The highest BCUT2D eigenvalue weighted by atomic mass is 16.6. The third-order valence-electron chi connectivity index (χ3n) is 3.20. The van der Waals surface area contributed by atoms with Crippen molar-refractivity contribution >= 4 is 11.7 Å². The number of ether oxygens (including phenoxy) is 2. The Bertz CT molecular complexity index is 554. The van der Waals surface area contributed by atoms with Gasteiger partial charge in [0.25, 0.3) is 5.69 Å². The van der Waals surface area contributed by atoms with Crippen LogP contribution in [0.15, 0.2) is 36.4 Å². The Morgan fingerprint density at radius 2 is 2.15 bits per heavy atom. The Morgan fingerprint density at radius 1 is 1.40 bits per heavy atom. The number of esters is 1. The number of non-ortho nitro benzene ring substituents is 1. The van der Waals surface area contributed by atoms with Crippen LogP contribution in [0.25, 0.3) is 0 Å². The predicted molar refractivity (Wildman–Crippen MR) is 71.0 cm³/mol. The van der Waals surface area contributed by atoms with E-state index in [1.165, 1.54) is 19.2 Å². The molecule has 1 aromatic carbocycles. The molecule has 2 rings (SSSR count). The van der Waals surface area contributed by atoms with Crippen molar-refractivity contribution in [2.24, 2.45) is 5.92 Å². The van der Waals surface area contributed by atoms with E-state index in [2.05, 4.69) is 4.74 Å². The molecule has 0 N–H and O–H groups in total. The monoisotopic (exact) mass is 277 g/mol. The van der Waals surface area contributed by atoms with Crippen molar-refractivity contribution in [2.45, 2.75) is 19.1 Å². The Hall–Kier alpha value is -2.21. The van der Waals surface area contributed by atoms with Crippen LogP contribution in [0.2, 0.25) is 0 Å². The molecule has 20 heavy (non-hydrogen) atoms. The Balaban J connectivity index is 2.27. The second-order valence-electron chi connectivity index (χ2n) is 4.60. The number of hydrogen-bond acceptors (Lipinski definition) is 5. The summed E-state index contributed by atoms with van der Waals surface area (Å²) in [5, 5.41) is 10.8. The third kappa shape index (κ3) is 2.85. The molecule has 1 aliphatic rings. The summed E-state index contributed by atoms with van der Waals surface area (Å²) in [4.78, 5) is 21.9. The SMILES string of the molecule is COC(=O)[C@H]1C=C[C@@H](C)[C@@H](c2cccc([N+](=O)[O-])c2)O1. The number of rotatable bonds is 3. The molecular formula is C14H15NO5. The molecule has 0 saturated heterocycles. The Morgan fingerprint density at radius 3 is 2.80 bits per heavy atom. The maximum Gasteiger partial charge on any atom is 0.339 e. The molecule has 1 heterocycles. The van der Waals surface area contributed by atoms with E-state index in [1.807, 2.05) is 13.0 Å². The molecular weight excluding hydrogens is 262 g/mol. The van der Waals surface area contributed by atoms with E-state index < -0.39 is 23.1 Å². The minimum Gasteiger partial charge on any atom is -0.467 e. The second kappa shape index (κ2) is 5.83. The van der Waals surface area contributed by atoms with Crippen LogP contribution >= 0.6 is 0 Å². The largest absolute Gasteiger partial charge is 0.467 e. The lowest BCUT2D eigenvalue weighted by Crippen LogP contribution is -2.31. The van der Waals surface area contributed by atoms with Gasteiger partial charge in [0.1, 0.15) is 0 Å². The average molecular weight is 277 g/mol. The third-order valence-corrected chi connectivity index (χ3v) is 3.20. The molecule has 3 atom stereocenters. The van der Waals surface area contributed by atoms with Crippen molar-refractivity contribution in [3.05, 3.63) is 52.1 Å². The normalized spacial score (nSPS) is 25.2. The summed E-state index contributed by atoms with van der Waals surface area (Å²) in [5.41, 5.74) is 0.674. The van der Waals surface area contributed by atoms with Crippen LogP contribution in [0.4, 0.5) is 5.69 Å². The van der Waals surface area contributed by atoms with Gasteiger partial charge in [-0.15, -0.1) is 0 Å². The molecule has 106 valence electrons. The van der Waals surface area contributed by atoms with Gasteiger partial charge in [0.15, 0.2) is 6.10 Å². The second-order valence-corrected chi connectivity index (χ2v) is 4.60. The molecule has 0 radical (unpaired) electrons. The molecule has 6 nitrogen and oxygen atoms in total. The Kier molecular flexibility index (Phi) is 4.14. The van der Waals surface area contributed by atoms with E-state index in [-0.39, 0.29) is 11.6 Å². The minimum absolute atomic E-state index is 0.00229. The van der Waals surface area contributed by atoms with Crippen LogP contribution in [0.5, 0.6) is 0 Å². The number of hydrogen-bond donors (Lipinski definition) is 0. The summed E-state index contributed by atoms with van der Waals surface area (Å²) in [6.45, 7) is 1.92. The maximum atomic E-state index is 11.5. The number of benzene rings is 1. The van der Waals surface area contributed by atoms with E-state index in [0.717, 1.165) is 0 Å². The lowest BCUT2D eigenvalue weighted by molar-refractivity contribution is -0.385. The molecule has 0 amide bonds. The number of carbonyl (C=O) groups excluding carboxylic acids is 1. The molecule has 0 unspecified atom stereocenters. The summed E-state index contributed by atoms with van der Waals surface area (Å²) in [6, 6.07) is 6.25. The summed E-state index contributed by atoms with van der Waals surface area (Å²) in [7, 11) is 1.29. The van der Waals surface area contributed by atoms with E-state index >= 15 is 0 Å². The fourth-order valence-corrected chi connectivity index (χ4v) is 2.15. The molecule has 6 heteroatoms. The Labute approximate surface area is 116 Å². The molecule has 0 aliphatic carbocycles. The van der Waals surface area contributed by atoms with Crippen LogP contribution in [0.1, 0.15) is 18.6 Å². The first-order valence-corrected chi connectivity index (χ1v) is 6.19. The van der Waals surface area contributed by atoms with E-state index in [4.69, 9.17) is 4.74 Å². The van der Waals surface area contributed by atoms with Gasteiger partial charge in [0.05, 0.1) is 18.1 Å². The molecule has 0 saturated carbocycles. The lowest BCUT2D eigenvalue weighted by atomic mass is 9.93. The number of nitro benzene ring substituents is 1. The zero-order valence-corrected chi connectivity index (χ0v) is 11.2. The average Bonchev–Trinajstić information content (AvgIpc) is 2.47. The van der Waals surface area contributed by atoms with Gasteiger partial charge in [-0.1, -0.05) is 25.1 Å². The van der Waals surface area contributed by atoms with Crippen molar-refractivity contribution in [1.82, 2.24) is 0 Å². The molecule has 1 aromatic rings. The number of carbonyl (C=O) groups is 1. The fourth-order valence-electron chi connectivity index (χ4n) is 2.15. The number of nitro groups is 1. The van der Waals surface area contributed by atoms with Gasteiger partial charge in [-0.3, -0.25) is 10.1 Å². The molecule has 0 aromatic heterocycles. The summed E-state index contributed by atoms with van der Waals surface area (Å²) in [5.74, 6) is -0.471. The van der Waals surface area contributed by atoms with Gasteiger partial charge >= 0.3 is 5.97 Å². The van der Waals surface area contributed by atoms with Crippen LogP contribution < -0.4 is 0 Å². The first-order valence-electron chi connectivity index (χ1n) is 6.19. The molecule has 0 spiro atoms. The highest BCUT2D eigenvalue weighted by Crippen LogP contribution is 2.33. The maximum absolute atomic E-state index is 11.5. The van der Waals surface area contributed by atoms with Crippen LogP contribution in [0, 0.1) is 16.0 Å². The molecule has 0 bridgehead atoms. The predicted octanol–water partition coefficient (Wildman–Crippen LogP) is 2.40. The van der Waals surface area contributed by atoms with Crippen molar-refractivity contribution < 1.29 is 19.2 Å². The van der Waals surface area contributed by atoms with Crippen molar-refractivity contribution in [3.8, 4) is 0 Å². The smallest absolute Gasteiger partial charge is 0.339 e. The van der Waals surface area contributed by atoms with Gasteiger partial charge in [-0.25, -0.2) is 4.79 Å². The zero-order chi connectivity index (χ0) is 14.7. The molecule has 1 aliphatic heterocycles. The van der Waals surface area contributed by atoms with E-state index in [0.29, 0.717) is 5.56 Å². The number of methoxy groups -OCH3 is 1. The standard InChI is InChI=1S/C14H15NO5/c1-9-6-7-12(14(16)19-2)20-13(9)10-4-3-5-11(8-10)15(17)18/h3-9,12-13H,1-2H3/t9-,12-,13+/m1/s1. The van der Waals surface area contributed by atoms with Gasteiger partial charge in [0.2, 0.25) is 0 Å². The summed E-state index contributed by atoms with van der Waals surface area (Å²) >= 11 is 0. The first kappa shape index (κ1) is 14.2. The summed E-state index contributed by atoms with van der Waals surface area (Å²) in [6.07, 6.45) is 2.31. The van der Waals surface area contributed by atoms with Crippen molar-refractivity contribution in [1.29, 1.82) is 0 Å². The van der Waals surface area contributed by atoms with E-state index in [1.54, 1.807) is 18.2 Å². The zero-order valence-electron chi connectivity index (χ0n) is 11.2. The van der Waals surface area contributed by atoms with Gasteiger partial charge in [-0.2, -0.15) is 0 Å². The fraction of sp³-hybridized carbons (Fsp3) is 0.357. The van der Waals surface area contributed by atoms with Gasteiger partial charge in [0, 0.05) is 18.1 Å². The van der Waals surface area contributed by atoms with Crippen molar-refractivity contribution in [2.75, 3.05) is 7.11 Å². The van der Waals surface area contributed by atoms with Crippen LogP contribution in [-0.4, -0.2) is 24.1 Å². The first-order chi connectivity index (χ1) is 9.52. The summed E-state index contributed by atoms with van der Waals surface area (Å²) < 4.78 is 10.3. The van der Waals surface area contributed by atoms with Gasteiger partial charge in [-0.05, 0) is 11.6 Å². The van der Waals surface area contributed by atoms with E-state index in [9.17, 15) is 14.9 Å². The highest BCUT2D eigenvalue weighted by Gasteiger charge is 2.30. The quantitative estimate of drug-likeness (QED) is 0.367. The van der Waals surface area contributed by atoms with Gasteiger partial charge < -0.3 is 9.47 Å². The number of nitrogens with zero attached hydrogens (tertiary/aromatic N) is 1. The topological polar surface area (TPSA) is 78.7 Å². The van der Waals surface area contributed by atoms with Crippen LogP contribution in [-0.2, 0) is 14.3 Å². The minimum atomic E-state index is -0.777.